The molecule has 2 aromatic rings. The predicted molar refractivity (Wildman–Crippen MR) is 98.4 cm³/mol. The van der Waals surface area contributed by atoms with Gasteiger partial charge in [0.25, 0.3) is 0 Å². The number of benzene rings is 2. The third kappa shape index (κ3) is 2.97. The van der Waals surface area contributed by atoms with Crippen LogP contribution in [0.3, 0.4) is 0 Å². The van der Waals surface area contributed by atoms with Crippen LogP contribution < -0.4 is 4.90 Å². The molecule has 1 saturated heterocycles. The normalized spacial score (nSPS) is 18.7. The maximum Gasteiger partial charge on any atom is 0.399 e. The molecule has 0 aromatic heterocycles. The number of ether oxygens (including phenoxy) is 1. The minimum absolute atomic E-state index is 0.0696. The van der Waals surface area contributed by atoms with Crippen molar-refractivity contribution in [1.29, 1.82) is 0 Å². The van der Waals surface area contributed by atoms with E-state index in [0.717, 1.165) is 4.90 Å². The highest BCUT2D eigenvalue weighted by Crippen LogP contribution is 2.43. The maximum atomic E-state index is 13.2. The van der Waals surface area contributed by atoms with Crippen LogP contribution >= 0.6 is 0 Å². The molecule has 0 saturated carbocycles. The smallest absolute Gasteiger partial charge is 0.399 e. The molecule has 0 spiro atoms. The Morgan fingerprint density at radius 1 is 1.15 bits per heavy atom. The van der Waals surface area contributed by atoms with Crippen molar-refractivity contribution in [1.82, 2.24) is 0 Å². The number of nitrogens with zero attached hydrogens (tertiary/aromatic N) is 2. The number of carbonyl (C=O) groups is 3. The molecule has 1 aliphatic heterocycles. The van der Waals surface area contributed by atoms with E-state index in [1.165, 1.54) is 0 Å². The van der Waals surface area contributed by atoms with Crippen LogP contribution in [-0.4, -0.2) is 24.4 Å². The molecule has 136 valence electrons. The average Bonchev–Trinajstić information content (AvgIpc) is 2.99. The van der Waals surface area contributed by atoms with E-state index in [2.05, 4.69) is 4.85 Å². The first kappa shape index (κ1) is 18.3. The van der Waals surface area contributed by atoms with Crippen LogP contribution in [0.5, 0.6) is 0 Å². The zero-order valence-electron chi connectivity index (χ0n) is 14.8. The van der Waals surface area contributed by atoms with Crippen molar-refractivity contribution in [3.8, 4) is 0 Å². The van der Waals surface area contributed by atoms with Crippen LogP contribution in [0.15, 0.2) is 60.7 Å². The van der Waals surface area contributed by atoms with E-state index in [1.807, 2.05) is 0 Å². The van der Waals surface area contributed by atoms with Gasteiger partial charge in [-0.05, 0) is 19.1 Å². The summed E-state index contributed by atoms with van der Waals surface area (Å²) in [6.07, 6.45) is -0.232. The number of hydrogen-bond donors (Lipinski definition) is 0. The lowest BCUT2D eigenvalue weighted by atomic mass is 9.77. The summed E-state index contributed by atoms with van der Waals surface area (Å²) < 4.78 is 5.15. The van der Waals surface area contributed by atoms with Gasteiger partial charge in [0.15, 0.2) is 0 Å². The minimum atomic E-state index is -1.90. The predicted octanol–water partition coefficient (Wildman–Crippen LogP) is 2.94. The molecule has 1 heterocycles. The van der Waals surface area contributed by atoms with Crippen LogP contribution in [0.1, 0.15) is 18.9 Å². The topological polar surface area (TPSA) is 68.0 Å². The Balaban J connectivity index is 2.11. The zero-order chi connectivity index (χ0) is 19.4. The van der Waals surface area contributed by atoms with Crippen molar-refractivity contribution in [2.75, 3.05) is 11.5 Å². The molecule has 0 N–H and O–H groups in total. The summed E-state index contributed by atoms with van der Waals surface area (Å²) in [5, 5.41) is 0. The highest BCUT2D eigenvalue weighted by Gasteiger charge is 2.63. The second-order valence-corrected chi connectivity index (χ2v) is 6.12. The Kier molecular flexibility index (Phi) is 5.04. The first-order valence-corrected chi connectivity index (χ1v) is 8.59. The van der Waals surface area contributed by atoms with E-state index in [0.29, 0.717) is 11.3 Å². The molecular formula is C21H18N2O4. The van der Waals surface area contributed by atoms with Crippen LogP contribution in [0.25, 0.3) is 4.85 Å². The summed E-state index contributed by atoms with van der Waals surface area (Å²) in [7, 11) is 0. The van der Waals surface area contributed by atoms with Gasteiger partial charge in [0, 0.05) is 12.0 Å². The largest absolute Gasteiger partial charge is 0.460 e. The van der Waals surface area contributed by atoms with E-state index in [-0.39, 0.29) is 13.0 Å². The molecular weight excluding hydrogens is 344 g/mol. The van der Waals surface area contributed by atoms with Gasteiger partial charge >= 0.3 is 11.5 Å². The van der Waals surface area contributed by atoms with Gasteiger partial charge in [-0.25, -0.2) is 11.4 Å². The van der Waals surface area contributed by atoms with Crippen molar-refractivity contribution in [3.63, 3.8) is 0 Å². The number of rotatable bonds is 5. The van der Waals surface area contributed by atoms with Crippen LogP contribution in [0.2, 0.25) is 0 Å². The first-order chi connectivity index (χ1) is 13.1. The highest BCUT2D eigenvalue weighted by molar-refractivity contribution is 6.22. The molecule has 1 fully saturated rings. The maximum absolute atomic E-state index is 13.2. The average molecular weight is 362 g/mol. The Morgan fingerprint density at radius 2 is 1.74 bits per heavy atom. The van der Waals surface area contributed by atoms with Crippen LogP contribution in [0, 0.1) is 12.5 Å². The summed E-state index contributed by atoms with van der Waals surface area (Å²) in [6, 6.07) is 16.8. The van der Waals surface area contributed by atoms with Gasteiger partial charge in [0.2, 0.25) is 11.8 Å². The number of anilines is 1. The van der Waals surface area contributed by atoms with E-state index in [1.54, 1.807) is 67.6 Å². The summed E-state index contributed by atoms with van der Waals surface area (Å²) >= 11 is 0. The Hall–Kier alpha value is -3.46. The van der Waals surface area contributed by atoms with Crippen LogP contribution in [0.4, 0.5) is 5.69 Å². The number of para-hydroxylation sites is 1. The molecule has 2 aromatic carbocycles. The molecule has 0 aliphatic carbocycles. The lowest BCUT2D eigenvalue weighted by molar-refractivity contribution is -0.152. The van der Waals surface area contributed by atoms with Crippen molar-refractivity contribution in [2.24, 2.45) is 5.92 Å². The van der Waals surface area contributed by atoms with E-state index < -0.39 is 29.2 Å². The Labute approximate surface area is 157 Å². The Bertz CT molecular complexity index is 905. The third-order valence-electron chi connectivity index (χ3n) is 4.64. The monoisotopic (exact) mass is 362 g/mol. The van der Waals surface area contributed by atoms with E-state index in [9.17, 15) is 14.4 Å². The number of esters is 1. The fraction of sp³-hybridized carbons (Fsp3) is 0.238. The standard InChI is InChI=1S/C21H18N2O4/c1-3-27-20(26)21(22-2,15-10-6-4-7-11-15)17-14-18(24)23(19(17)25)16-12-8-5-9-13-16/h4-13,17H,3,14H2,1H3/t17-,21+/m0/s1. The SMILES string of the molecule is [C-]#[N+][C@](C(=O)OCC)(c1ccccc1)[C@H]1CC(=O)N(c2ccccc2)C1=O. The summed E-state index contributed by atoms with van der Waals surface area (Å²) in [4.78, 5) is 43.3. The molecule has 3 rings (SSSR count). The Morgan fingerprint density at radius 3 is 2.30 bits per heavy atom. The second-order valence-electron chi connectivity index (χ2n) is 6.12. The summed E-state index contributed by atoms with van der Waals surface area (Å²) in [5.41, 5.74) is -1.13. The van der Waals surface area contributed by atoms with Gasteiger partial charge in [-0.3, -0.25) is 19.3 Å². The van der Waals surface area contributed by atoms with Crippen molar-refractivity contribution in [2.45, 2.75) is 18.9 Å². The van der Waals surface area contributed by atoms with Gasteiger partial charge in [-0.1, -0.05) is 48.5 Å². The molecule has 0 unspecified atom stereocenters. The molecule has 0 radical (unpaired) electrons. The molecule has 0 bridgehead atoms. The van der Waals surface area contributed by atoms with Crippen molar-refractivity contribution >= 4 is 23.5 Å². The summed E-state index contributed by atoms with van der Waals surface area (Å²) in [5.74, 6) is -2.97. The second kappa shape index (κ2) is 7.42. The molecule has 1 aliphatic rings. The molecule has 2 atom stereocenters. The van der Waals surface area contributed by atoms with Crippen LogP contribution in [-0.2, 0) is 24.7 Å². The van der Waals surface area contributed by atoms with Gasteiger partial charge in [0.1, 0.15) is 5.92 Å². The lowest BCUT2D eigenvalue weighted by Crippen LogP contribution is -2.45. The molecule has 27 heavy (non-hydrogen) atoms. The number of amides is 2. The third-order valence-corrected chi connectivity index (χ3v) is 4.64. The number of carbonyl (C=O) groups excluding carboxylic acids is 3. The lowest BCUT2D eigenvalue weighted by Gasteiger charge is -2.25. The van der Waals surface area contributed by atoms with E-state index >= 15 is 0 Å². The first-order valence-electron chi connectivity index (χ1n) is 8.59. The highest BCUT2D eigenvalue weighted by atomic mass is 16.5. The van der Waals surface area contributed by atoms with Gasteiger partial charge in [-0.15, -0.1) is 0 Å². The fourth-order valence-corrected chi connectivity index (χ4v) is 3.39. The van der Waals surface area contributed by atoms with Gasteiger partial charge in [-0.2, -0.15) is 0 Å². The van der Waals surface area contributed by atoms with Gasteiger partial charge < -0.3 is 4.74 Å². The number of imide groups is 1. The quantitative estimate of drug-likeness (QED) is 0.466. The van der Waals surface area contributed by atoms with Crippen molar-refractivity contribution in [3.05, 3.63) is 77.6 Å². The zero-order valence-corrected chi connectivity index (χ0v) is 14.8. The molecule has 2 amide bonds. The molecule has 6 nitrogen and oxygen atoms in total. The fourth-order valence-electron chi connectivity index (χ4n) is 3.39. The number of hydrogen-bond acceptors (Lipinski definition) is 4. The molecule has 6 heteroatoms. The van der Waals surface area contributed by atoms with Crippen molar-refractivity contribution < 1.29 is 19.1 Å². The minimum Gasteiger partial charge on any atom is -0.460 e. The summed E-state index contributed by atoms with van der Waals surface area (Å²) in [6.45, 7) is 9.49. The van der Waals surface area contributed by atoms with E-state index in [4.69, 9.17) is 11.3 Å². The van der Waals surface area contributed by atoms with Gasteiger partial charge in [0.05, 0.1) is 12.3 Å².